The van der Waals surface area contributed by atoms with Crippen LogP contribution in [0.5, 0.6) is 5.75 Å². The molecule has 1 atom stereocenters. The Balaban J connectivity index is 1.78. The number of nitrogens with one attached hydrogen (secondary N) is 2. The number of amides is 3. The predicted molar refractivity (Wildman–Crippen MR) is 86.7 cm³/mol. The Hall–Kier alpha value is -2.28. The van der Waals surface area contributed by atoms with Crippen LogP contribution in [0.4, 0.5) is 10.5 Å². The minimum Gasteiger partial charge on any atom is -0.496 e. The number of anilines is 1. The van der Waals surface area contributed by atoms with Gasteiger partial charge in [-0.1, -0.05) is 0 Å². The Morgan fingerprint density at radius 3 is 2.91 bits per heavy atom. The first-order chi connectivity index (χ1) is 11.1. The van der Waals surface area contributed by atoms with Gasteiger partial charge in [-0.2, -0.15) is 0 Å². The van der Waals surface area contributed by atoms with Crippen LogP contribution in [0.1, 0.15) is 29.6 Å². The molecule has 0 spiro atoms. The molecule has 0 saturated carbocycles. The smallest absolute Gasteiger partial charge is 0.319 e. The first kappa shape index (κ1) is 17.1. The van der Waals surface area contributed by atoms with Gasteiger partial charge in [0.2, 0.25) is 0 Å². The lowest BCUT2D eigenvalue weighted by molar-refractivity contribution is 0.0997. The number of benzene rings is 1. The number of primary amides is 1. The second-order valence-electron chi connectivity index (χ2n) is 5.53. The largest absolute Gasteiger partial charge is 0.496 e. The van der Waals surface area contributed by atoms with E-state index >= 15 is 0 Å². The van der Waals surface area contributed by atoms with Gasteiger partial charge in [-0.15, -0.1) is 0 Å². The maximum Gasteiger partial charge on any atom is 0.319 e. The molecule has 2 rings (SSSR count). The molecule has 1 aliphatic rings. The van der Waals surface area contributed by atoms with Gasteiger partial charge in [0.25, 0.3) is 5.91 Å². The van der Waals surface area contributed by atoms with Crippen molar-refractivity contribution in [2.24, 2.45) is 11.7 Å². The predicted octanol–water partition coefficient (Wildman–Crippen LogP) is 1.73. The topological polar surface area (TPSA) is 103 Å². The lowest BCUT2D eigenvalue weighted by atomic mass is 10.0. The molecule has 1 heterocycles. The summed E-state index contributed by atoms with van der Waals surface area (Å²) in [5, 5.41) is 5.47. The molecule has 3 amide bonds. The maximum atomic E-state index is 11.8. The molecular weight excluding hydrogens is 298 g/mol. The normalized spacial score (nSPS) is 16.8. The lowest BCUT2D eigenvalue weighted by Gasteiger charge is -2.11. The zero-order chi connectivity index (χ0) is 16.7. The van der Waals surface area contributed by atoms with Crippen LogP contribution < -0.4 is 21.1 Å². The van der Waals surface area contributed by atoms with E-state index in [4.69, 9.17) is 15.2 Å². The highest BCUT2D eigenvalue weighted by atomic mass is 16.5. The van der Waals surface area contributed by atoms with Gasteiger partial charge in [0.15, 0.2) is 0 Å². The fourth-order valence-electron chi connectivity index (χ4n) is 2.56. The molecular formula is C16H23N3O4. The third-order valence-electron chi connectivity index (χ3n) is 3.82. The molecule has 0 bridgehead atoms. The zero-order valence-corrected chi connectivity index (χ0v) is 13.3. The van der Waals surface area contributed by atoms with Crippen LogP contribution in [-0.2, 0) is 4.74 Å². The van der Waals surface area contributed by atoms with Crippen molar-refractivity contribution in [2.75, 3.05) is 32.2 Å². The Kier molecular flexibility index (Phi) is 6.22. The van der Waals surface area contributed by atoms with Crippen molar-refractivity contribution < 1.29 is 19.1 Å². The minimum absolute atomic E-state index is 0.228. The van der Waals surface area contributed by atoms with Crippen molar-refractivity contribution in [3.05, 3.63) is 23.8 Å². The number of carbonyl (C=O) groups excluding carboxylic acids is 2. The number of hydrogen-bond acceptors (Lipinski definition) is 4. The highest BCUT2D eigenvalue weighted by Gasteiger charge is 2.15. The summed E-state index contributed by atoms with van der Waals surface area (Å²) in [7, 11) is 1.46. The van der Waals surface area contributed by atoms with E-state index in [9.17, 15) is 9.59 Å². The number of ether oxygens (including phenoxy) is 2. The van der Waals surface area contributed by atoms with E-state index in [2.05, 4.69) is 10.6 Å². The van der Waals surface area contributed by atoms with Crippen LogP contribution in [-0.4, -0.2) is 38.8 Å². The van der Waals surface area contributed by atoms with Gasteiger partial charge in [-0.3, -0.25) is 4.79 Å². The Bertz CT molecular complexity index is 556. The number of carbonyl (C=O) groups is 2. The van der Waals surface area contributed by atoms with Gasteiger partial charge in [-0.25, -0.2) is 4.79 Å². The van der Waals surface area contributed by atoms with Crippen LogP contribution >= 0.6 is 0 Å². The van der Waals surface area contributed by atoms with E-state index < -0.39 is 5.91 Å². The molecule has 1 aromatic carbocycles. The molecule has 126 valence electrons. The second-order valence-corrected chi connectivity index (χ2v) is 5.53. The van der Waals surface area contributed by atoms with Crippen molar-refractivity contribution in [3.63, 3.8) is 0 Å². The summed E-state index contributed by atoms with van der Waals surface area (Å²) < 4.78 is 10.4. The molecule has 7 heteroatoms. The molecule has 0 aromatic heterocycles. The molecule has 1 fully saturated rings. The van der Waals surface area contributed by atoms with Crippen molar-refractivity contribution in [3.8, 4) is 5.75 Å². The van der Waals surface area contributed by atoms with Gasteiger partial charge in [0.05, 0.1) is 12.7 Å². The molecule has 4 N–H and O–H groups in total. The van der Waals surface area contributed by atoms with Gasteiger partial charge >= 0.3 is 6.03 Å². The summed E-state index contributed by atoms with van der Waals surface area (Å²) in [5.74, 6) is 0.381. The van der Waals surface area contributed by atoms with Gasteiger partial charge in [0, 0.05) is 25.4 Å². The van der Waals surface area contributed by atoms with E-state index in [0.717, 1.165) is 32.5 Å². The third kappa shape index (κ3) is 5.14. The standard InChI is InChI=1S/C16H23N3O4/c1-22-14-5-4-12(9-13(14)15(17)20)19-16(21)18-7-2-3-11-6-8-23-10-11/h4-5,9,11H,2-3,6-8,10H2,1H3,(H2,17,20)(H2,18,19,21). The molecule has 23 heavy (non-hydrogen) atoms. The number of methoxy groups -OCH3 is 1. The Morgan fingerprint density at radius 1 is 1.43 bits per heavy atom. The minimum atomic E-state index is -0.607. The van der Waals surface area contributed by atoms with Crippen LogP contribution in [0, 0.1) is 5.92 Å². The van der Waals surface area contributed by atoms with Crippen LogP contribution in [0.25, 0.3) is 0 Å². The fourth-order valence-corrected chi connectivity index (χ4v) is 2.56. The first-order valence-electron chi connectivity index (χ1n) is 7.70. The van der Waals surface area contributed by atoms with Gasteiger partial charge in [0.1, 0.15) is 5.75 Å². The summed E-state index contributed by atoms with van der Waals surface area (Å²) in [6.07, 6.45) is 3.07. The SMILES string of the molecule is COc1ccc(NC(=O)NCCCC2CCOC2)cc1C(N)=O. The number of rotatable bonds is 7. The summed E-state index contributed by atoms with van der Waals surface area (Å²) in [6, 6.07) is 4.43. The third-order valence-corrected chi connectivity index (χ3v) is 3.82. The molecule has 7 nitrogen and oxygen atoms in total. The van der Waals surface area contributed by atoms with Crippen molar-refractivity contribution in [1.82, 2.24) is 5.32 Å². The molecule has 0 aliphatic carbocycles. The molecule has 1 saturated heterocycles. The highest BCUT2D eigenvalue weighted by Crippen LogP contribution is 2.22. The Morgan fingerprint density at radius 2 is 2.26 bits per heavy atom. The average molecular weight is 321 g/mol. The average Bonchev–Trinajstić information content (AvgIpc) is 3.05. The summed E-state index contributed by atoms with van der Waals surface area (Å²) in [6.45, 7) is 2.27. The van der Waals surface area contributed by atoms with Crippen LogP contribution in [0.3, 0.4) is 0 Å². The molecule has 0 radical (unpaired) electrons. The van der Waals surface area contributed by atoms with E-state index in [0.29, 0.717) is 23.9 Å². The van der Waals surface area contributed by atoms with Crippen LogP contribution in [0.15, 0.2) is 18.2 Å². The Labute approximate surface area is 135 Å². The number of urea groups is 1. The number of nitrogens with two attached hydrogens (primary N) is 1. The van der Waals surface area contributed by atoms with Gasteiger partial charge < -0.3 is 25.8 Å². The maximum absolute atomic E-state index is 11.8. The zero-order valence-electron chi connectivity index (χ0n) is 13.3. The number of hydrogen-bond donors (Lipinski definition) is 3. The fraction of sp³-hybridized carbons (Fsp3) is 0.500. The van der Waals surface area contributed by atoms with Crippen molar-refractivity contribution in [1.29, 1.82) is 0 Å². The lowest BCUT2D eigenvalue weighted by Crippen LogP contribution is -2.30. The first-order valence-corrected chi connectivity index (χ1v) is 7.70. The second kappa shape index (κ2) is 8.38. The molecule has 1 aromatic rings. The van der Waals surface area contributed by atoms with Crippen molar-refractivity contribution in [2.45, 2.75) is 19.3 Å². The monoisotopic (exact) mass is 321 g/mol. The summed E-state index contributed by atoms with van der Waals surface area (Å²) >= 11 is 0. The quantitative estimate of drug-likeness (QED) is 0.665. The summed E-state index contributed by atoms with van der Waals surface area (Å²) in [4.78, 5) is 23.2. The highest BCUT2D eigenvalue weighted by molar-refractivity contribution is 5.98. The van der Waals surface area contributed by atoms with Gasteiger partial charge in [-0.05, 0) is 43.4 Å². The van der Waals surface area contributed by atoms with E-state index in [1.807, 2.05) is 0 Å². The van der Waals surface area contributed by atoms with E-state index in [-0.39, 0.29) is 11.6 Å². The van der Waals surface area contributed by atoms with Crippen LogP contribution in [0.2, 0.25) is 0 Å². The van der Waals surface area contributed by atoms with Crippen molar-refractivity contribution >= 4 is 17.6 Å². The summed E-state index contributed by atoms with van der Waals surface area (Å²) in [5.41, 5.74) is 6.01. The van der Waals surface area contributed by atoms with E-state index in [1.165, 1.54) is 13.2 Å². The molecule has 1 aliphatic heterocycles. The molecule has 1 unspecified atom stereocenters. The van der Waals surface area contributed by atoms with E-state index in [1.54, 1.807) is 12.1 Å².